The lowest BCUT2D eigenvalue weighted by atomic mass is 9.97. The number of benzene rings is 1. The van der Waals surface area contributed by atoms with Crippen molar-refractivity contribution in [2.24, 2.45) is 0 Å². The molecule has 2 heterocycles. The maximum absolute atomic E-state index is 14.0. The van der Waals surface area contributed by atoms with Gasteiger partial charge in [0.1, 0.15) is 0 Å². The molecule has 0 radical (unpaired) electrons. The molecule has 6 nitrogen and oxygen atoms in total. The fraction of sp³-hybridized carbons (Fsp3) is 0.579. The number of rotatable bonds is 3. The van der Waals surface area contributed by atoms with Crippen molar-refractivity contribution in [2.75, 3.05) is 32.7 Å². The quantitative estimate of drug-likeness (QED) is 0.844. The lowest BCUT2D eigenvalue weighted by Crippen LogP contribution is -2.54. The molecule has 28 heavy (non-hydrogen) atoms. The van der Waals surface area contributed by atoms with Gasteiger partial charge in [-0.1, -0.05) is 18.2 Å². The van der Waals surface area contributed by atoms with Crippen LogP contribution in [-0.2, 0) is 15.3 Å². The number of carbonyl (C=O) groups is 1. The van der Waals surface area contributed by atoms with Crippen LogP contribution in [0, 0.1) is 11.3 Å². The lowest BCUT2D eigenvalue weighted by Gasteiger charge is -2.38. The summed E-state index contributed by atoms with van der Waals surface area (Å²) in [6.45, 7) is 6.09. The van der Waals surface area contributed by atoms with Gasteiger partial charge in [-0.3, -0.25) is 15.0 Å². The minimum Gasteiger partial charge on any atom is -0.338 e. The highest BCUT2D eigenvalue weighted by Crippen LogP contribution is 2.44. The van der Waals surface area contributed by atoms with Gasteiger partial charge in [0.15, 0.2) is 6.10 Å². The number of alkyl halides is 3. The first-order valence-electron chi connectivity index (χ1n) is 9.21. The van der Waals surface area contributed by atoms with Crippen molar-refractivity contribution in [3.8, 4) is 6.07 Å². The van der Waals surface area contributed by atoms with Crippen LogP contribution in [0.25, 0.3) is 0 Å². The van der Waals surface area contributed by atoms with E-state index in [1.54, 1.807) is 11.0 Å². The topological polar surface area (TPSA) is 68.6 Å². The number of nitrogens with zero attached hydrogens (tertiary/aromatic N) is 3. The standard InChI is InChI=1S/C19H23F3N4O2/c1-13(2)25-7-9-26(10-8-25)17(27)16-12-24-18(28-16,19(20,21)22)15-6-4-3-5-14(15)11-23/h3-6,13,16,24H,7-10,12H2,1-2H3/t16-,18+/m0/s1. The van der Waals surface area contributed by atoms with Crippen LogP contribution in [-0.4, -0.2) is 66.8 Å². The first-order valence-corrected chi connectivity index (χ1v) is 9.21. The molecule has 0 aliphatic carbocycles. The molecule has 1 aromatic rings. The van der Waals surface area contributed by atoms with Gasteiger partial charge in [0.05, 0.1) is 11.6 Å². The molecule has 1 aromatic carbocycles. The van der Waals surface area contributed by atoms with Gasteiger partial charge in [0.2, 0.25) is 5.72 Å². The SMILES string of the molecule is CC(C)N1CCN(C(=O)[C@@H]2CN[C@@](c3ccccc3C#N)(C(F)(F)F)O2)CC1. The molecule has 0 bridgehead atoms. The Balaban J connectivity index is 1.81. The Morgan fingerprint density at radius 2 is 1.93 bits per heavy atom. The predicted molar refractivity (Wildman–Crippen MR) is 95.1 cm³/mol. The zero-order chi connectivity index (χ0) is 20.5. The van der Waals surface area contributed by atoms with E-state index in [1.165, 1.54) is 24.3 Å². The number of piperazine rings is 1. The Labute approximate surface area is 161 Å². The Bertz CT molecular complexity index is 769. The molecule has 0 aromatic heterocycles. The van der Waals surface area contributed by atoms with E-state index in [2.05, 4.69) is 24.1 Å². The van der Waals surface area contributed by atoms with Gasteiger partial charge in [-0.15, -0.1) is 0 Å². The summed E-state index contributed by atoms with van der Waals surface area (Å²) < 4.78 is 47.4. The molecular weight excluding hydrogens is 373 g/mol. The molecule has 152 valence electrons. The Hall–Kier alpha value is -2.15. The van der Waals surface area contributed by atoms with E-state index in [1.807, 2.05) is 0 Å². The average molecular weight is 396 g/mol. The summed E-state index contributed by atoms with van der Waals surface area (Å²) in [4.78, 5) is 16.5. The zero-order valence-electron chi connectivity index (χ0n) is 15.8. The van der Waals surface area contributed by atoms with Crippen LogP contribution in [0.5, 0.6) is 0 Å². The second-order valence-corrected chi connectivity index (χ2v) is 7.28. The fourth-order valence-corrected chi connectivity index (χ4v) is 3.70. The molecule has 1 amide bonds. The monoisotopic (exact) mass is 396 g/mol. The highest BCUT2D eigenvalue weighted by atomic mass is 19.4. The Morgan fingerprint density at radius 1 is 1.29 bits per heavy atom. The summed E-state index contributed by atoms with van der Waals surface area (Å²) in [5, 5.41) is 11.6. The molecule has 1 N–H and O–H groups in total. The number of hydrogen-bond donors (Lipinski definition) is 1. The maximum atomic E-state index is 14.0. The van der Waals surface area contributed by atoms with E-state index in [-0.39, 0.29) is 17.7 Å². The van der Waals surface area contributed by atoms with Crippen LogP contribution in [0.1, 0.15) is 25.0 Å². The second-order valence-electron chi connectivity index (χ2n) is 7.28. The van der Waals surface area contributed by atoms with Gasteiger partial charge in [0.25, 0.3) is 5.91 Å². The first-order chi connectivity index (χ1) is 13.2. The molecule has 3 rings (SSSR count). The van der Waals surface area contributed by atoms with Crippen molar-refractivity contribution in [1.29, 1.82) is 5.26 Å². The summed E-state index contributed by atoms with van der Waals surface area (Å²) in [7, 11) is 0. The van der Waals surface area contributed by atoms with Gasteiger partial charge < -0.3 is 9.64 Å². The summed E-state index contributed by atoms with van der Waals surface area (Å²) in [6, 6.07) is 7.52. The summed E-state index contributed by atoms with van der Waals surface area (Å²) in [6.07, 6.45) is -6.11. The van der Waals surface area contributed by atoms with Gasteiger partial charge in [-0.25, -0.2) is 0 Å². The van der Waals surface area contributed by atoms with Crippen molar-refractivity contribution in [2.45, 2.75) is 37.9 Å². The number of hydrogen-bond acceptors (Lipinski definition) is 5. The highest BCUT2D eigenvalue weighted by Gasteiger charge is 2.63. The summed E-state index contributed by atoms with van der Waals surface area (Å²) in [5.74, 6) is -0.462. The normalized spacial score (nSPS) is 26.5. The molecule has 2 aliphatic rings. The van der Waals surface area contributed by atoms with E-state index >= 15 is 0 Å². The van der Waals surface area contributed by atoms with Crippen LogP contribution < -0.4 is 5.32 Å². The predicted octanol–water partition coefficient (Wildman–Crippen LogP) is 1.81. The van der Waals surface area contributed by atoms with E-state index in [4.69, 9.17) is 4.74 Å². The molecule has 0 saturated carbocycles. The molecule has 2 atom stereocenters. The minimum atomic E-state index is -4.84. The fourth-order valence-electron chi connectivity index (χ4n) is 3.70. The van der Waals surface area contributed by atoms with Crippen molar-refractivity contribution in [3.63, 3.8) is 0 Å². The van der Waals surface area contributed by atoms with Crippen LogP contribution >= 0.6 is 0 Å². The number of nitriles is 1. The molecule has 0 unspecified atom stereocenters. The highest BCUT2D eigenvalue weighted by molar-refractivity contribution is 5.81. The number of amides is 1. The molecular formula is C19H23F3N4O2. The van der Waals surface area contributed by atoms with E-state index in [0.717, 1.165) is 0 Å². The van der Waals surface area contributed by atoms with Crippen LogP contribution in [0.3, 0.4) is 0 Å². The number of carbonyl (C=O) groups excluding carboxylic acids is 1. The van der Waals surface area contributed by atoms with E-state index in [0.29, 0.717) is 32.2 Å². The molecule has 2 aliphatic heterocycles. The third kappa shape index (κ3) is 3.60. The van der Waals surface area contributed by atoms with Crippen molar-refractivity contribution in [3.05, 3.63) is 35.4 Å². The average Bonchev–Trinajstić information content (AvgIpc) is 3.14. The van der Waals surface area contributed by atoms with Crippen molar-refractivity contribution < 1.29 is 22.7 Å². The largest absolute Gasteiger partial charge is 0.435 e. The third-order valence-electron chi connectivity index (χ3n) is 5.31. The Morgan fingerprint density at radius 3 is 2.50 bits per heavy atom. The molecule has 2 fully saturated rings. The van der Waals surface area contributed by atoms with Crippen molar-refractivity contribution in [1.82, 2.24) is 15.1 Å². The molecule has 0 spiro atoms. The van der Waals surface area contributed by atoms with Gasteiger partial charge >= 0.3 is 6.18 Å². The lowest BCUT2D eigenvalue weighted by molar-refractivity contribution is -0.285. The Kier molecular flexibility index (Phi) is 5.66. The van der Waals surface area contributed by atoms with Crippen LogP contribution in [0.2, 0.25) is 0 Å². The maximum Gasteiger partial charge on any atom is 0.435 e. The van der Waals surface area contributed by atoms with Crippen molar-refractivity contribution >= 4 is 5.91 Å². The summed E-state index contributed by atoms with van der Waals surface area (Å²) >= 11 is 0. The van der Waals surface area contributed by atoms with Gasteiger partial charge in [-0.2, -0.15) is 18.4 Å². The molecule has 9 heteroatoms. The summed E-state index contributed by atoms with van der Waals surface area (Å²) in [5.41, 5.74) is -3.35. The zero-order valence-corrected chi connectivity index (χ0v) is 15.8. The number of ether oxygens (including phenoxy) is 1. The van der Waals surface area contributed by atoms with Gasteiger partial charge in [-0.05, 0) is 19.9 Å². The number of halogens is 3. The number of nitrogens with one attached hydrogen (secondary N) is 1. The van der Waals surface area contributed by atoms with Crippen LogP contribution in [0.15, 0.2) is 24.3 Å². The van der Waals surface area contributed by atoms with E-state index in [9.17, 15) is 23.2 Å². The second kappa shape index (κ2) is 7.70. The smallest absolute Gasteiger partial charge is 0.338 e. The van der Waals surface area contributed by atoms with E-state index < -0.39 is 23.9 Å². The first kappa shape index (κ1) is 20.6. The third-order valence-corrected chi connectivity index (χ3v) is 5.31. The van der Waals surface area contributed by atoms with Crippen LogP contribution in [0.4, 0.5) is 13.2 Å². The molecule has 2 saturated heterocycles. The van der Waals surface area contributed by atoms with Gasteiger partial charge in [0, 0.05) is 44.3 Å². The minimum absolute atomic E-state index is 0.147.